The average Bonchev–Trinajstić information content (AvgIpc) is 2.32. The van der Waals surface area contributed by atoms with Crippen LogP contribution in [0.5, 0.6) is 0 Å². The van der Waals surface area contributed by atoms with Crippen molar-refractivity contribution in [3.63, 3.8) is 0 Å². The van der Waals surface area contributed by atoms with E-state index in [0.29, 0.717) is 6.54 Å². The smallest absolute Gasteiger partial charge is 0.105 e. The molecule has 0 aliphatic carbocycles. The van der Waals surface area contributed by atoms with Gasteiger partial charge in [0, 0.05) is 25.2 Å². The molecule has 3 heteroatoms. The Kier molecular flexibility index (Phi) is 3.51. The molecule has 1 aromatic heterocycles. The van der Waals surface area contributed by atoms with Gasteiger partial charge in [0.1, 0.15) is 11.5 Å². The van der Waals surface area contributed by atoms with Gasteiger partial charge >= 0.3 is 0 Å². The van der Waals surface area contributed by atoms with Crippen molar-refractivity contribution in [2.45, 2.75) is 27.3 Å². The predicted octanol–water partition coefficient (Wildman–Crippen LogP) is 1.25. The highest BCUT2D eigenvalue weighted by Crippen LogP contribution is 2.19. The van der Waals surface area contributed by atoms with Crippen LogP contribution in [0.1, 0.15) is 22.6 Å². The minimum atomic E-state index is 0.676. The molecule has 1 aromatic rings. The van der Waals surface area contributed by atoms with E-state index in [1.165, 1.54) is 11.1 Å². The lowest BCUT2D eigenvalue weighted by Crippen LogP contribution is -2.22. The zero-order chi connectivity index (χ0) is 9.84. The number of rotatable bonds is 4. The molecule has 0 aliphatic rings. The summed E-state index contributed by atoms with van der Waals surface area (Å²) in [6, 6.07) is 0. The van der Waals surface area contributed by atoms with Crippen molar-refractivity contribution in [3.8, 4) is 0 Å². The second kappa shape index (κ2) is 4.44. The van der Waals surface area contributed by atoms with E-state index in [1.807, 2.05) is 13.8 Å². The van der Waals surface area contributed by atoms with Crippen LogP contribution in [0.2, 0.25) is 0 Å². The zero-order valence-corrected chi connectivity index (χ0v) is 8.61. The maximum Gasteiger partial charge on any atom is 0.105 e. The highest BCUT2D eigenvalue weighted by Gasteiger charge is 2.09. The Morgan fingerprint density at radius 3 is 2.38 bits per heavy atom. The van der Waals surface area contributed by atoms with Crippen LogP contribution in [-0.4, -0.2) is 13.1 Å². The van der Waals surface area contributed by atoms with E-state index in [0.717, 1.165) is 24.6 Å². The van der Waals surface area contributed by atoms with E-state index < -0.39 is 0 Å². The highest BCUT2D eigenvalue weighted by atomic mass is 16.3. The molecule has 0 bridgehead atoms. The third-order valence-corrected chi connectivity index (χ3v) is 2.33. The summed E-state index contributed by atoms with van der Waals surface area (Å²) in [5.74, 6) is 2.03. The number of nitrogens with two attached hydrogens (primary N) is 1. The number of nitrogens with one attached hydrogen (secondary N) is 1. The molecule has 13 heavy (non-hydrogen) atoms. The molecule has 3 nitrogen and oxygen atoms in total. The first-order valence-electron chi connectivity index (χ1n) is 4.63. The summed E-state index contributed by atoms with van der Waals surface area (Å²) in [5, 5.41) is 3.26. The van der Waals surface area contributed by atoms with Crippen LogP contribution in [-0.2, 0) is 6.54 Å². The molecule has 0 spiro atoms. The van der Waals surface area contributed by atoms with Crippen molar-refractivity contribution in [2.75, 3.05) is 13.1 Å². The molecule has 0 amide bonds. The van der Waals surface area contributed by atoms with Crippen LogP contribution in [0, 0.1) is 20.8 Å². The molecule has 3 N–H and O–H groups in total. The summed E-state index contributed by atoms with van der Waals surface area (Å²) in [5.41, 5.74) is 7.91. The molecule has 0 aliphatic heterocycles. The molecule has 1 rings (SSSR count). The van der Waals surface area contributed by atoms with Crippen molar-refractivity contribution in [2.24, 2.45) is 5.73 Å². The van der Waals surface area contributed by atoms with E-state index in [-0.39, 0.29) is 0 Å². The van der Waals surface area contributed by atoms with Crippen molar-refractivity contribution in [1.82, 2.24) is 5.32 Å². The van der Waals surface area contributed by atoms with Gasteiger partial charge in [0.05, 0.1) is 0 Å². The van der Waals surface area contributed by atoms with E-state index >= 15 is 0 Å². The summed E-state index contributed by atoms with van der Waals surface area (Å²) >= 11 is 0. The summed E-state index contributed by atoms with van der Waals surface area (Å²) < 4.78 is 5.50. The van der Waals surface area contributed by atoms with Crippen LogP contribution in [0.25, 0.3) is 0 Å². The van der Waals surface area contributed by atoms with E-state index in [9.17, 15) is 0 Å². The van der Waals surface area contributed by atoms with Crippen molar-refractivity contribution >= 4 is 0 Å². The summed E-state index contributed by atoms with van der Waals surface area (Å²) in [7, 11) is 0. The van der Waals surface area contributed by atoms with Gasteiger partial charge in [-0.3, -0.25) is 0 Å². The largest absolute Gasteiger partial charge is 0.466 e. The van der Waals surface area contributed by atoms with Gasteiger partial charge in [0.25, 0.3) is 0 Å². The molecule has 0 unspecified atom stereocenters. The average molecular weight is 182 g/mol. The Hall–Kier alpha value is -0.800. The first-order chi connectivity index (χ1) is 6.16. The molecule has 0 saturated heterocycles. The first kappa shape index (κ1) is 10.3. The summed E-state index contributed by atoms with van der Waals surface area (Å²) in [4.78, 5) is 0. The second-order valence-corrected chi connectivity index (χ2v) is 3.28. The molecule has 0 radical (unpaired) electrons. The third-order valence-electron chi connectivity index (χ3n) is 2.33. The lowest BCUT2D eigenvalue weighted by molar-refractivity contribution is 0.498. The fraction of sp³-hybridized carbons (Fsp3) is 0.600. The first-order valence-corrected chi connectivity index (χ1v) is 4.63. The standard InChI is InChI=1S/C10H18N2O/c1-7-8(2)13-9(3)10(7)6-12-5-4-11/h12H,4-6,11H2,1-3H3. The lowest BCUT2D eigenvalue weighted by Gasteiger charge is -2.02. The Morgan fingerprint density at radius 2 is 1.92 bits per heavy atom. The van der Waals surface area contributed by atoms with Gasteiger partial charge in [-0.1, -0.05) is 0 Å². The Labute approximate surface area is 79.3 Å². The monoisotopic (exact) mass is 182 g/mol. The second-order valence-electron chi connectivity index (χ2n) is 3.28. The number of furan rings is 1. The highest BCUT2D eigenvalue weighted by molar-refractivity contribution is 5.31. The van der Waals surface area contributed by atoms with E-state index in [4.69, 9.17) is 10.2 Å². The Morgan fingerprint density at radius 1 is 1.23 bits per heavy atom. The van der Waals surface area contributed by atoms with Crippen molar-refractivity contribution in [3.05, 3.63) is 22.6 Å². The van der Waals surface area contributed by atoms with Crippen LogP contribution in [0.15, 0.2) is 4.42 Å². The summed E-state index contributed by atoms with van der Waals surface area (Å²) in [6.45, 7) is 8.46. The SMILES string of the molecule is Cc1oc(C)c(CNCCN)c1C. The van der Waals surface area contributed by atoms with Crippen molar-refractivity contribution < 1.29 is 4.42 Å². The molecule has 0 atom stereocenters. The van der Waals surface area contributed by atoms with E-state index in [2.05, 4.69) is 12.2 Å². The van der Waals surface area contributed by atoms with Crippen molar-refractivity contribution in [1.29, 1.82) is 0 Å². The third kappa shape index (κ3) is 2.32. The van der Waals surface area contributed by atoms with Gasteiger partial charge in [-0.2, -0.15) is 0 Å². The van der Waals surface area contributed by atoms with Gasteiger partial charge in [0.2, 0.25) is 0 Å². The normalized spacial score (nSPS) is 10.8. The molecule has 1 heterocycles. The molecule has 0 aromatic carbocycles. The van der Waals surface area contributed by atoms with Crippen LogP contribution < -0.4 is 11.1 Å². The van der Waals surface area contributed by atoms with Crippen LogP contribution >= 0.6 is 0 Å². The van der Waals surface area contributed by atoms with Crippen LogP contribution in [0.3, 0.4) is 0 Å². The minimum Gasteiger partial charge on any atom is -0.466 e. The van der Waals surface area contributed by atoms with Crippen LogP contribution in [0.4, 0.5) is 0 Å². The fourth-order valence-electron chi connectivity index (χ4n) is 1.42. The number of hydrogen-bond acceptors (Lipinski definition) is 3. The quantitative estimate of drug-likeness (QED) is 0.689. The maximum absolute atomic E-state index is 5.50. The van der Waals surface area contributed by atoms with Gasteiger partial charge in [-0.25, -0.2) is 0 Å². The Bertz CT molecular complexity index is 279. The van der Waals surface area contributed by atoms with Gasteiger partial charge in [-0.15, -0.1) is 0 Å². The van der Waals surface area contributed by atoms with Gasteiger partial charge < -0.3 is 15.5 Å². The van der Waals surface area contributed by atoms with Gasteiger partial charge in [-0.05, 0) is 26.3 Å². The fourth-order valence-corrected chi connectivity index (χ4v) is 1.42. The summed E-state index contributed by atoms with van der Waals surface area (Å²) in [6.07, 6.45) is 0. The minimum absolute atomic E-state index is 0.676. The maximum atomic E-state index is 5.50. The number of aryl methyl sites for hydroxylation is 2. The molecule has 0 fully saturated rings. The Balaban J connectivity index is 2.64. The van der Waals surface area contributed by atoms with E-state index in [1.54, 1.807) is 0 Å². The molecule has 0 saturated carbocycles. The predicted molar refractivity (Wildman–Crippen MR) is 53.7 cm³/mol. The molecular formula is C10H18N2O. The topological polar surface area (TPSA) is 51.2 Å². The molecular weight excluding hydrogens is 164 g/mol. The number of hydrogen-bond donors (Lipinski definition) is 2. The molecule has 74 valence electrons. The van der Waals surface area contributed by atoms with Gasteiger partial charge in [0.15, 0.2) is 0 Å². The zero-order valence-electron chi connectivity index (χ0n) is 8.61. The lowest BCUT2D eigenvalue weighted by atomic mass is 10.1.